The molecule has 1 aromatic heterocycles. The van der Waals surface area contributed by atoms with Crippen LogP contribution in [0.4, 0.5) is 17.5 Å². The van der Waals surface area contributed by atoms with Gasteiger partial charge in [-0.05, 0) is 18.9 Å². The van der Waals surface area contributed by atoms with Gasteiger partial charge in [0.1, 0.15) is 5.82 Å². The minimum Gasteiger partial charge on any atom is -0.383 e. The molecule has 0 bridgehead atoms. The molecule has 2 heterocycles. The maximum absolute atomic E-state index is 12.2. The number of sulfonamides is 1. The molecule has 7 nitrogen and oxygen atoms in total. The number of fused-ring (bicyclic) bond motifs is 1. The van der Waals surface area contributed by atoms with Crippen LogP contribution in [0, 0.1) is 0 Å². The molecular weight excluding hydrogens is 302 g/mol. The Morgan fingerprint density at radius 2 is 2.00 bits per heavy atom. The summed E-state index contributed by atoms with van der Waals surface area (Å²) in [7, 11) is -3.39. The average molecular weight is 319 g/mol. The summed E-state index contributed by atoms with van der Waals surface area (Å²) in [4.78, 5) is 7.92. The maximum Gasteiger partial charge on any atom is 0.232 e. The van der Waals surface area contributed by atoms with Gasteiger partial charge in [-0.25, -0.2) is 13.4 Å². The van der Waals surface area contributed by atoms with Gasteiger partial charge >= 0.3 is 0 Å². The second-order valence-electron chi connectivity index (χ2n) is 5.45. The first-order chi connectivity index (χ1) is 10.3. The third kappa shape index (κ3) is 2.25. The third-order valence-electron chi connectivity index (χ3n) is 3.74. The molecule has 0 spiro atoms. The molecule has 1 unspecified atom stereocenters. The monoisotopic (exact) mass is 319 g/mol. The summed E-state index contributed by atoms with van der Waals surface area (Å²) in [5.41, 5.74) is 14.4. The fraction of sp³-hybridized carbons (Fsp3) is 0.286. The number of nitrogen functional groups attached to an aromatic ring is 2. The zero-order chi connectivity index (χ0) is 16.1. The van der Waals surface area contributed by atoms with Crippen LogP contribution in [-0.2, 0) is 16.4 Å². The fourth-order valence-corrected chi connectivity index (χ4v) is 4.24. The Kier molecular flexibility index (Phi) is 3.21. The average Bonchev–Trinajstić information content (AvgIpc) is 2.74. The van der Waals surface area contributed by atoms with Gasteiger partial charge in [-0.2, -0.15) is 4.98 Å². The van der Waals surface area contributed by atoms with Crippen molar-refractivity contribution in [3.8, 4) is 11.1 Å². The lowest BCUT2D eigenvalue weighted by Crippen LogP contribution is -2.35. The van der Waals surface area contributed by atoms with Crippen LogP contribution in [-0.4, -0.2) is 30.7 Å². The second kappa shape index (κ2) is 4.84. The molecule has 0 saturated carbocycles. The molecule has 22 heavy (non-hydrogen) atoms. The Labute approximate surface area is 129 Å². The third-order valence-corrected chi connectivity index (χ3v) is 5.00. The zero-order valence-electron chi connectivity index (χ0n) is 12.3. The molecule has 3 rings (SSSR count). The van der Waals surface area contributed by atoms with Crippen LogP contribution in [0.3, 0.4) is 0 Å². The van der Waals surface area contributed by atoms with Crippen molar-refractivity contribution in [1.82, 2.24) is 9.97 Å². The predicted molar refractivity (Wildman–Crippen MR) is 86.8 cm³/mol. The van der Waals surface area contributed by atoms with Crippen LogP contribution < -0.4 is 15.8 Å². The van der Waals surface area contributed by atoms with Crippen molar-refractivity contribution in [2.45, 2.75) is 19.4 Å². The second-order valence-corrected chi connectivity index (χ2v) is 7.31. The van der Waals surface area contributed by atoms with Gasteiger partial charge < -0.3 is 11.5 Å². The number of hydrogen-bond acceptors (Lipinski definition) is 6. The molecule has 1 aliphatic heterocycles. The van der Waals surface area contributed by atoms with E-state index in [0.717, 1.165) is 5.56 Å². The van der Waals surface area contributed by atoms with Gasteiger partial charge in [-0.1, -0.05) is 18.2 Å². The Balaban J connectivity index is 2.27. The highest BCUT2D eigenvalue weighted by Gasteiger charge is 2.35. The van der Waals surface area contributed by atoms with Crippen LogP contribution in [0.2, 0.25) is 0 Å². The number of rotatable bonds is 2. The number of hydrogen-bond donors (Lipinski definition) is 2. The Bertz CT molecular complexity index is 850. The summed E-state index contributed by atoms with van der Waals surface area (Å²) in [5, 5.41) is 0. The van der Waals surface area contributed by atoms with Crippen molar-refractivity contribution in [1.29, 1.82) is 0 Å². The molecule has 0 saturated heterocycles. The first-order valence-corrected chi connectivity index (χ1v) is 8.63. The minimum atomic E-state index is -3.39. The number of anilines is 3. The van der Waals surface area contributed by atoms with Crippen molar-refractivity contribution in [3.63, 3.8) is 0 Å². The van der Waals surface area contributed by atoms with E-state index >= 15 is 0 Å². The highest BCUT2D eigenvalue weighted by molar-refractivity contribution is 7.92. The Morgan fingerprint density at radius 1 is 1.27 bits per heavy atom. The first kappa shape index (κ1) is 14.6. The SMILES string of the molecule is CC1Cc2cccc(-c3cnc(N)nc3N)c2N1S(C)(=O)=O. The molecule has 0 amide bonds. The van der Waals surface area contributed by atoms with Gasteiger partial charge in [-0.15, -0.1) is 0 Å². The molecular formula is C14H17N5O2S. The van der Waals surface area contributed by atoms with E-state index in [0.29, 0.717) is 23.2 Å². The van der Waals surface area contributed by atoms with Gasteiger partial charge in [0.15, 0.2) is 0 Å². The van der Waals surface area contributed by atoms with E-state index in [1.54, 1.807) is 0 Å². The van der Waals surface area contributed by atoms with Crippen molar-refractivity contribution in [3.05, 3.63) is 30.0 Å². The summed E-state index contributed by atoms with van der Waals surface area (Å²) in [5.74, 6) is 0.316. The lowest BCUT2D eigenvalue weighted by Gasteiger charge is -2.24. The summed E-state index contributed by atoms with van der Waals surface area (Å²) in [6, 6.07) is 5.49. The van der Waals surface area contributed by atoms with Gasteiger partial charge in [-0.3, -0.25) is 4.31 Å². The van der Waals surface area contributed by atoms with Gasteiger partial charge in [0.25, 0.3) is 0 Å². The Hall–Kier alpha value is -2.35. The van der Waals surface area contributed by atoms with Crippen molar-refractivity contribution >= 4 is 27.5 Å². The van der Waals surface area contributed by atoms with E-state index < -0.39 is 10.0 Å². The van der Waals surface area contributed by atoms with E-state index in [1.807, 2.05) is 25.1 Å². The van der Waals surface area contributed by atoms with Gasteiger partial charge in [0.05, 0.1) is 11.9 Å². The van der Waals surface area contributed by atoms with Crippen LogP contribution in [0.5, 0.6) is 0 Å². The van der Waals surface area contributed by atoms with Crippen LogP contribution in [0.15, 0.2) is 24.4 Å². The smallest absolute Gasteiger partial charge is 0.232 e. The largest absolute Gasteiger partial charge is 0.383 e. The molecule has 1 atom stereocenters. The first-order valence-electron chi connectivity index (χ1n) is 6.78. The van der Waals surface area contributed by atoms with Crippen LogP contribution in [0.25, 0.3) is 11.1 Å². The highest BCUT2D eigenvalue weighted by atomic mass is 32.2. The highest BCUT2D eigenvalue weighted by Crippen LogP contribution is 2.42. The van der Waals surface area contributed by atoms with E-state index in [4.69, 9.17) is 11.5 Å². The summed E-state index contributed by atoms with van der Waals surface area (Å²) < 4.78 is 25.8. The lowest BCUT2D eigenvalue weighted by atomic mass is 10.0. The lowest BCUT2D eigenvalue weighted by molar-refractivity contribution is 0.590. The fourth-order valence-electron chi connectivity index (χ4n) is 2.96. The van der Waals surface area contributed by atoms with E-state index in [9.17, 15) is 8.42 Å². The molecule has 116 valence electrons. The van der Waals surface area contributed by atoms with Crippen molar-refractivity contribution in [2.24, 2.45) is 0 Å². The molecule has 8 heteroatoms. The number of nitrogens with zero attached hydrogens (tertiary/aromatic N) is 3. The molecule has 0 fully saturated rings. The molecule has 2 aromatic rings. The van der Waals surface area contributed by atoms with E-state index in [-0.39, 0.29) is 17.8 Å². The topological polar surface area (TPSA) is 115 Å². The van der Waals surface area contributed by atoms with Crippen molar-refractivity contribution < 1.29 is 8.42 Å². The standard InChI is InChI=1S/C14H17N5O2S/c1-8-6-9-4-3-5-10(12(9)19(8)22(2,20)21)11-7-17-14(16)18-13(11)15/h3-5,7-8H,6H2,1-2H3,(H4,15,16,17,18). The summed E-state index contributed by atoms with van der Waals surface area (Å²) in [6.07, 6.45) is 3.39. The van der Waals surface area contributed by atoms with Crippen molar-refractivity contribution in [2.75, 3.05) is 22.0 Å². The minimum absolute atomic E-state index is 0.0853. The normalized spacial score (nSPS) is 17.5. The predicted octanol–water partition coefficient (Wildman–Crippen LogP) is 1.02. The summed E-state index contributed by atoms with van der Waals surface area (Å²) in [6.45, 7) is 1.88. The number of nitrogens with two attached hydrogens (primary N) is 2. The molecule has 1 aliphatic rings. The molecule has 4 N–H and O–H groups in total. The number of para-hydroxylation sites is 1. The number of aromatic nitrogens is 2. The van der Waals surface area contributed by atoms with Gasteiger partial charge in [0, 0.05) is 23.4 Å². The van der Waals surface area contributed by atoms with Crippen LogP contribution >= 0.6 is 0 Å². The quantitative estimate of drug-likeness (QED) is 0.854. The van der Waals surface area contributed by atoms with E-state index in [2.05, 4.69) is 9.97 Å². The van der Waals surface area contributed by atoms with Gasteiger partial charge in [0.2, 0.25) is 16.0 Å². The summed E-state index contributed by atoms with van der Waals surface area (Å²) >= 11 is 0. The molecule has 1 aromatic carbocycles. The van der Waals surface area contributed by atoms with Crippen LogP contribution in [0.1, 0.15) is 12.5 Å². The zero-order valence-corrected chi connectivity index (χ0v) is 13.1. The maximum atomic E-state index is 12.2. The van der Waals surface area contributed by atoms with E-state index in [1.165, 1.54) is 16.8 Å². The number of benzene rings is 1. The molecule has 0 aliphatic carbocycles. The Morgan fingerprint density at radius 3 is 2.64 bits per heavy atom. The molecule has 0 radical (unpaired) electrons.